The Hall–Kier alpha value is -1.14. The Bertz CT molecular complexity index is 546. The molecule has 1 aromatic heterocycles. The Kier molecular flexibility index (Phi) is 5.15. The highest BCUT2D eigenvalue weighted by Crippen LogP contribution is 2.23. The average molecular weight is 387 g/mol. The summed E-state index contributed by atoms with van der Waals surface area (Å²) in [5.74, 6) is 1.10. The molecule has 0 unspecified atom stereocenters. The zero-order valence-corrected chi connectivity index (χ0v) is 13.5. The summed E-state index contributed by atoms with van der Waals surface area (Å²) in [4.78, 5) is 8.43. The van der Waals surface area contributed by atoms with E-state index in [0.717, 1.165) is 21.1 Å². The van der Waals surface area contributed by atoms with Crippen LogP contribution in [0.5, 0.6) is 5.88 Å². The number of hydrogen-bond donors (Lipinski definition) is 1. The molecule has 0 fully saturated rings. The molecule has 4 nitrogen and oxygen atoms in total. The first kappa shape index (κ1) is 14.3. The van der Waals surface area contributed by atoms with E-state index in [1.165, 1.54) is 0 Å². The number of nitrogens with one attached hydrogen (secondary N) is 1. The van der Waals surface area contributed by atoms with Gasteiger partial charge in [0, 0.05) is 11.0 Å². The van der Waals surface area contributed by atoms with Gasteiger partial charge in [-0.15, -0.1) is 0 Å². The normalized spacial score (nSPS) is 10.3. The second-order valence-electron chi connectivity index (χ2n) is 3.79. The minimum atomic E-state index is 0.467. The van der Waals surface area contributed by atoms with Crippen molar-refractivity contribution in [1.29, 1.82) is 0 Å². The average Bonchev–Trinajstić information content (AvgIpc) is 2.41. The number of halogens is 2. The van der Waals surface area contributed by atoms with E-state index in [2.05, 4.69) is 47.1 Å². The Morgan fingerprint density at radius 2 is 1.95 bits per heavy atom. The van der Waals surface area contributed by atoms with Crippen LogP contribution in [0.3, 0.4) is 0 Å². The summed E-state index contributed by atoms with van der Waals surface area (Å²) in [7, 11) is 0. The molecule has 0 aliphatic rings. The molecule has 2 rings (SSSR count). The van der Waals surface area contributed by atoms with Crippen molar-refractivity contribution in [2.24, 2.45) is 0 Å². The number of benzene rings is 1. The predicted molar refractivity (Wildman–Crippen MR) is 82.4 cm³/mol. The van der Waals surface area contributed by atoms with E-state index in [1.807, 2.05) is 31.2 Å². The van der Waals surface area contributed by atoms with Gasteiger partial charge in [-0.2, -0.15) is 4.98 Å². The maximum Gasteiger partial charge on any atom is 0.233 e. The molecule has 0 saturated heterocycles. The number of anilines is 1. The van der Waals surface area contributed by atoms with Crippen molar-refractivity contribution in [2.45, 2.75) is 13.5 Å². The van der Waals surface area contributed by atoms with Gasteiger partial charge in [-0.05, 0) is 40.5 Å². The van der Waals surface area contributed by atoms with Gasteiger partial charge in [-0.1, -0.05) is 28.1 Å². The van der Waals surface area contributed by atoms with E-state index >= 15 is 0 Å². The van der Waals surface area contributed by atoms with Crippen LogP contribution in [-0.4, -0.2) is 16.5 Å². The molecule has 0 aliphatic heterocycles. The van der Waals surface area contributed by atoms with Crippen molar-refractivity contribution in [3.8, 4) is 5.88 Å². The summed E-state index contributed by atoms with van der Waals surface area (Å²) < 4.78 is 7.49. The molecular formula is C13H13Br2N3O. The molecule has 1 aromatic carbocycles. The van der Waals surface area contributed by atoms with Crippen LogP contribution in [0.4, 0.5) is 5.95 Å². The van der Waals surface area contributed by atoms with E-state index in [9.17, 15) is 0 Å². The molecule has 6 heteroatoms. The van der Waals surface area contributed by atoms with Crippen LogP contribution in [0, 0.1) is 0 Å². The standard InChI is InChI=1S/C13H13Br2N3O/c1-2-16-13-17-7-11(15)12(18-13)19-8-9-3-5-10(14)6-4-9/h3-7H,2,8H2,1H3,(H,16,17,18). The first-order valence-electron chi connectivity index (χ1n) is 5.82. The molecule has 0 bridgehead atoms. The largest absolute Gasteiger partial charge is 0.472 e. The van der Waals surface area contributed by atoms with Crippen LogP contribution >= 0.6 is 31.9 Å². The van der Waals surface area contributed by atoms with Gasteiger partial charge >= 0.3 is 0 Å². The summed E-state index contributed by atoms with van der Waals surface area (Å²) in [5.41, 5.74) is 1.08. The first-order chi connectivity index (χ1) is 9.19. The van der Waals surface area contributed by atoms with Crippen LogP contribution in [0.25, 0.3) is 0 Å². The van der Waals surface area contributed by atoms with Crippen LogP contribution in [0.1, 0.15) is 12.5 Å². The second-order valence-corrected chi connectivity index (χ2v) is 5.56. The van der Waals surface area contributed by atoms with Gasteiger partial charge in [0.2, 0.25) is 11.8 Å². The molecule has 0 amide bonds. The molecule has 0 atom stereocenters. The van der Waals surface area contributed by atoms with Gasteiger partial charge in [0.25, 0.3) is 0 Å². The number of hydrogen-bond acceptors (Lipinski definition) is 4. The molecule has 0 aliphatic carbocycles. The van der Waals surface area contributed by atoms with Gasteiger partial charge in [0.05, 0.1) is 10.7 Å². The summed E-state index contributed by atoms with van der Waals surface area (Å²) >= 11 is 6.78. The van der Waals surface area contributed by atoms with Crippen molar-refractivity contribution >= 4 is 37.8 Å². The summed E-state index contributed by atoms with van der Waals surface area (Å²) in [5, 5.41) is 3.05. The smallest absolute Gasteiger partial charge is 0.233 e. The Labute approximate surface area is 128 Å². The van der Waals surface area contributed by atoms with Crippen molar-refractivity contribution in [2.75, 3.05) is 11.9 Å². The maximum absolute atomic E-state index is 5.70. The molecule has 0 radical (unpaired) electrons. The Morgan fingerprint density at radius 1 is 1.21 bits per heavy atom. The van der Waals surface area contributed by atoms with Crippen molar-refractivity contribution in [1.82, 2.24) is 9.97 Å². The van der Waals surface area contributed by atoms with Crippen molar-refractivity contribution in [3.63, 3.8) is 0 Å². The Morgan fingerprint density at radius 3 is 2.63 bits per heavy atom. The number of rotatable bonds is 5. The predicted octanol–water partition coefficient (Wildman–Crippen LogP) is 4.01. The third kappa shape index (κ3) is 4.18. The highest BCUT2D eigenvalue weighted by Gasteiger charge is 2.06. The third-order valence-corrected chi connectivity index (χ3v) is 3.41. The van der Waals surface area contributed by atoms with Gasteiger partial charge in [0.15, 0.2) is 0 Å². The van der Waals surface area contributed by atoms with Gasteiger partial charge < -0.3 is 10.1 Å². The van der Waals surface area contributed by atoms with Gasteiger partial charge in [0.1, 0.15) is 6.61 Å². The van der Waals surface area contributed by atoms with Gasteiger partial charge in [-0.3, -0.25) is 0 Å². The molecule has 0 saturated carbocycles. The van der Waals surface area contributed by atoms with E-state index < -0.39 is 0 Å². The third-order valence-electron chi connectivity index (χ3n) is 2.34. The first-order valence-corrected chi connectivity index (χ1v) is 7.41. The van der Waals surface area contributed by atoms with Crippen LogP contribution in [0.15, 0.2) is 39.4 Å². The van der Waals surface area contributed by atoms with E-state index in [-0.39, 0.29) is 0 Å². The zero-order chi connectivity index (χ0) is 13.7. The van der Waals surface area contributed by atoms with Crippen molar-refractivity contribution in [3.05, 3.63) is 45.0 Å². The lowest BCUT2D eigenvalue weighted by Gasteiger charge is -2.09. The summed E-state index contributed by atoms with van der Waals surface area (Å²) in [6.45, 7) is 3.23. The van der Waals surface area contributed by atoms with Crippen LogP contribution < -0.4 is 10.1 Å². The minimum absolute atomic E-state index is 0.467. The van der Waals surface area contributed by atoms with E-state index in [0.29, 0.717) is 18.4 Å². The van der Waals surface area contributed by atoms with Crippen LogP contribution in [-0.2, 0) is 6.61 Å². The van der Waals surface area contributed by atoms with Crippen LogP contribution in [0.2, 0.25) is 0 Å². The van der Waals surface area contributed by atoms with Crippen molar-refractivity contribution < 1.29 is 4.74 Å². The van der Waals surface area contributed by atoms with E-state index in [4.69, 9.17) is 4.74 Å². The fourth-order valence-corrected chi connectivity index (χ4v) is 2.00. The second kappa shape index (κ2) is 6.86. The quantitative estimate of drug-likeness (QED) is 0.843. The number of ether oxygens (including phenoxy) is 1. The SMILES string of the molecule is CCNc1ncc(Br)c(OCc2ccc(Br)cc2)n1. The fourth-order valence-electron chi connectivity index (χ4n) is 1.43. The minimum Gasteiger partial charge on any atom is -0.472 e. The maximum atomic E-state index is 5.70. The molecule has 1 N–H and O–H groups in total. The molecule has 19 heavy (non-hydrogen) atoms. The Balaban J connectivity index is 2.05. The zero-order valence-electron chi connectivity index (χ0n) is 10.4. The highest BCUT2D eigenvalue weighted by atomic mass is 79.9. The molecule has 2 aromatic rings. The number of nitrogens with zero attached hydrogens (tertiary/aromatic N) is 2. The monoisotopic (exact) mass is 385 g/mol. The molecular weight excluding hydrogens is 374 g/mol. The number of aromatic nitrogens is 2. The lowest BCUT2D eigenvalue weighted by Crippen LogP contribution is -2.04. The van der Waals surface area contributed by atoms with E-state index in [1.54, 1.807) is 6.20 Å². The molecule has 0 spiro atoms. The molecule has 100 valence electrons. The lowest BCUT2D eigenvalue weighted by atomic mass is 10.2. The highest BCUT2D eigenvalue weighted by molar-refractivity contribution is 9.10. The fraction of sp³-hybridized carbons (Fsp3) is 0.231. The lowest BCUT2D eigenvalue weighted by molar-refractivity contribution is 0.291. The summed E-state index contributed by atoms with van der Waals surface area (Å²) in [6.07, 6.45) is 1.68. The molecule has 1 heterocycles. The topological polar surface area (TPSA) is 47.0 Å². The van der Waals surface area contributed by atoms with Gasteiger partial charge in [-0.25, -0.2) is 4.98 Å². The summed E-state index contributed by atoms with van der Waals surface area (Å²) in [6, 6.07) is 7.98.